The molecule has 128 valence electrons. The Kier molecular flexibility index (Phi) is 2.89. The minimum atomic E-state index is -0.957. The molecule has 3 aliphatic heterocycles. The lowest BCUT2D eigenvalue weighted by molar-refractivity contribution is -0.137. The second kappa shape index (κ2) is 4.58. The number of carbonyl (C=O) groups excluding carboxylic acids is 3. The van der Waals surface area contributed by atoms with Crippen molar-refractivity contribution in [3.05, 3.63) is 22.5 Å². The standard InChI is InChI=1S/C15H18N4O5/c1-5-9(16)12(21)8-6(4-24-14(17)22)15(23-2)13-7(18-13)3-19(15)10(8)11(5)20/h6-7,13,18H,3-4,16H2,1-2H3,(H2,17,22)/t6-,7+,13-,15-/m0/s1. The average molecular weight is 334 g/mol. The number of methoxy groups -OCH3 is 1. The maximum absolute atomic E-state index is 12.8. The topological polar surface area (TPSA) is 147 Å². The summed E-state index contributed by atoms with van der Waals surface area (Å²) >= 11 is 0. The molecule has 0 radical (unpaired) electrons. The van der Waals surface area contributed by atoms with Gasteiger partial charge < -0.3 is 31.2 Å². The Labute approximate surface area is 137 Å². The summed E-state index contributed by atoms with van der Waals surface area (Å²) in [7, 11) is 1.52. The number of nitrogens with zero attached hydrogens (tertiary/aromatic N) is 1. The van der Waals surface area contributed by atoms with Crippen LogP contribution in [0.1, 0.15) is 6.92 Å². The lowest BCUT2D eigenvalue weighted by Crippen LogP contribution is -2.55. The average Bonchev–Trinajstić information content (AvgIpc) is 3.16. The second-order valence-corrected chi connectivity index (χ2v) is 6.46. The van der Waals surface area contributed by atoms with Gasteiger partial charge >= 0.3 is 6.09 Å². The Morgan fingerprint density at radius 1 is 1.42 bits per heavy atom. The number of hydrogen-bond donors (Lipinski definition) is 3. The zero-order valence-electron chi connectivity index (χ0n) is 13.3. The highest BCUT2D eigenvalue weighted by Gasteiger charge is 2.72. The van der Waals surface area contributed by atoms with E-state index in [1.54, 1.807) is 0 Å². The highest BCUT2D eigenvalue weighted by Crippen LogP contribution is 2.55. The number of nitrogens with two attached hydrogens (primary N) is 2. The molecule has 0 aromatic heterocycles. The van der Waals surface area contributed by atoms with Crippen molar-refractivity contribution in [2.75, 3.05) is 20.3 Å². The Morgan fingerprint density at radius 2 is 2.12 bits per heavy atom. The number of piperazine rings is 1. The number of rotatable bonds is 3. The lowest BCUT2D eigenvalue weighted by atomic mass is 9.82. The molecule has 0 saturated carbocycles. The molecule has 2 saturated heterocycles. The van der Waals surface area contributed by atoms with Gasteiger partial charge in [0.05, 0.1) is 23.4 Å². The smallest absolute Gasteiger partial charge is 0.404 e. The van der Waals surface area contributed by atoms with E-state index in [1.165, 1.54) is 14.0 Å². The third-order valence-corrected chi connectivity index (χ3v) is 5.47. The summed E-state index contributed by atoms with van der Waals surface area (Å²) in [6.45, 7) is 1.92. The van der Waals surface area contributed by atoms with Crippen molar-refractivity contribution in [1.29, 1.82) is 0 Å². The monoisotopic (exact) mass is 334 g/mol. The predicted molar refractivity (Wildman–Crippen MR) is 80.1 cm³/mol. The van der Waals surface area contributed by atoms with Gasteiger partial charge in [-0.1, -0.05) is 0 Å². The summed E-state index contributed by atoms with van der Waals surface area (Å²) in [5.41, 5.74) is 10.7. The second-order valence-electron chi connectivity index (χ2n) is 6.46. The first-order valence-corrected chi connectivity index (χ1v) is 7.65. The zero-order valence-corrected chi connectivity index (χ0v) is 13.3. The molecule has 0 aromatic carbocycles. The number of ether oxygens (including phenoxy) is 2. The lowest BCUT2D eigenvalue weighted by Gasteiger charge is -2.39. The minimum absolute atomic E-state index is 0.0586. The van der Waals surface area contributed by atoms with Gasteiger partial charge in [-0.25, -0.2) is 4.79 Å². The maximum atomic E-state index is 12.8. The van der Waals surface area contributed by atoms with E-state index in [4.69, 9.17) is 20.9 Å². The number of amides is 1. The number of fused-ring (bicyclic) bond motifs is 4. The summed E-state index contributed by atoms with van der Waals surface area (Å²) < 4.78 is 10.8. The third kappa shape index (κ3) is 1.58. The molecule has 4 aliphatic rings. The molecule has 0 unspecified atom stereocenters. The number of hydrogen-bond acceptors (Lipinski definition) is 8. The van der Waals surface area contributed by atoms with E-state index >= 15 is 0 Å². The van der Waals surface area contributed by atoms with Gasteiger partial charge in [-0.2, -0.15) is 0 Å². The summed E-state index contributed by atoms with van der Waals surface area (Å²) in [5, 5.41) is 3.28. The Bertz CT molecular complexity index is 757. The summed E-state index contributed by atoms with van der Waals surface area (Å²) in [4.78, 5) is 38.4. The van der Waals surface area contributed by atoms with Crippen LogP contribution in [0.3, 0.4) is 0 Å². The van der Waals surface area contributed by atoms with Crippen molar-refractivity contribution < 1.29 is 23.9 Å². The molecule has 5 N–H and O–H groups in total. The van der Waals surface area contributed by atoms with Crippen LogP contribution in [0.25, 0.3) is 0 Å². The van der Waals surface area contributed by atoms with E-state index in [9.17, 15) is 14.4 Å². The summed E-state index contributed by atoms with van der Waals surface area (Å²) in [6.07, 6.45) is -0.950. The SMILES string of the molecule is CO[C@]12[C@@H](COC(N)=O)C3=C(C(=O)C(C)=C(N)C3=O)N1C[C@H]1N[C@@H]12. The van der Waals surface area contributed by atoms with Crippen LogP contribution in [0.4, 0.5) is 4.79 Å². The van der Waals surface area contributed by atoms with Gasteiger partial charge in [0.15, 0.2) is 5.72 Å². The number of primary amides is 1. The van der Waals surface area contributed by atoms with E-state index in [2.05, 4.69) is 5.32 Å². The first-order valence-electron chi connectivity index (χ1n) is 7.65. The van der Waals surface area contributed by atoms with E-state index < -0.39 is 23.5 Å². The molecule has 9 nitrogen and oxygen atoms in total. The van der Waals surface area contributed by atoms with Gasteiger partial charge in [-0.15, -0.1) is 0 Å². The van der Waals surface area contributed by atoms with Gasteiger partial charge in [0.1, 0.15) is 6.61 Å². The van der Waals surface area contributed by atoms with Gasteiger partial charge in [-0.05, 0) is 6.92 Å². The molecule has 1 aliphatic carbocycles. The van der Waals surface area contributed by atoms with Gasteiger partial charge in [0, 0.05) is 30.8 Å². The number of ketones is 2. The quantitative estimate of drug-likeness (QED) is 0.411. The van der Waals surface area contributed by atoms with Gasteiger partial charge in [-0.3, -0.25) is 9.59 Å². The molecule has 4 atom stereocenters. The molecule has 0 aromatic rings. The molecular weight excluding hydrogens is 316 g/mol. The fraction of sp³-hybridized carbons (Fsp3) is 0.533. The highest BCUT2D eigenvalue weighted by atomic mass is 16.6. The molecule has 24 heavy (non-hydrogen) atoms. The van der Waals surface area contributed by atoms with Crippen LogP contribution in [-0.2, 0) is 19.1 Å². The molecule has 9 heteroatoms. The van der Waals surface area contributed by atoms with Crippen LogP contribution < -0.4 is 16.8 Å². The number of Topliss-reactive ketones (excluding diaryl/α,β-unsaturated/α-hetero) is 2. The van der Waals surface area contributed by atoms with Crippen molar-refractivity contribution in [3.8, 4) is 0 Å². The van der Waals surface area contributed by atoms with Crippen molar-refractivity contribution >= 4 is 17.7 Å². The highest BCUT2D eigenvalue weighted by molar-refractivity contribution is 6.25. The van der Waals surface area contributed by atoms with Crippen molar-refractivity contribution in [2.45, 2.75) is 24.7 Å². The van der Waals surface area contributed by atoms with Crippen molar-refractivity contribution in [3.63, 3.8) is 0 Å². The largest absolute Gasteiger partial charge is 0.449 e. The normalized spacial score (nSPS) is 36.8. The van der Waals surface area contributed by atoms with Gasteiger partial charge in [0.25, 0.3) is 0 Å². The molecule has 2 fully saturated rings. The fourth-order valence-corrected chi connectivity index (χ4v) is 4.31. The van der Waals surface area contributed by atoms with Crippen LogP contribution in [0.15, 0.2) is 22.5 Å². The molecule has 3 heterocycles. The number of nitrogens with one attached hydrogen (secondary N) is 1. The molecular formula is C15H18N4O5. The van der Waals surface area contributed by atoms with E-state index in [1.807, 2.05) is 4.90 Å². The van der Waals surface area contributed by atoms with Crippen LogP contribution in [0.2, 0.25) is 0 Å². The van der Waals surface area contributed by atoms with Crippen molar-refractivity contribution in [2.24, 2.45) is 17.4 Å². The summed E-state index contributed by atoms with van der Waals surface area (Å²) in [5.74, 6) is -1.34. The van der Waals surface area contributed by atoms with Crippen molar-refractivity contribution in [1.82, 2.24) is 10.2 Å². The molecule has 4 rings (SSSR count). The van der Waals surface area contributed by atoms with E-state index in [-0.39, 0.29) is 41.3 Å². The number of allylic oxidation sites excluding steroid dienone is 2. The number of carbonyl (C=O) groups is 3. The molecule has 0 spiro atoms. The van der Waals surface area contributed by atoms with Crippen LogP contribution in [-0.4, -0.2) is 60.6 Å². The molecule has 0 bridgehead atoms. The molecule has 1 amide bonds. The van der Waals surface area contributed by atoms with Gasteiger partial charge in [0.2, 0.25) is 11.6 Å². The third-order valence-electron chi connectivity index (χ3n) is 5.47. The van der Waals surface area contributed by atoms with Crippen LogP contribution >= 0.6 is 0 Å². The maximum Gasteiger partial charge on any atom is 0.404 e. The van der Waals surface area contributed by atoms with E-state index in [0.29, 0.717) is 12.2 Å². The summed E-state index contributed by atoms with van der Waals surface area (Å²) in [6, 6.07) is 0.109. The predicted octanol–water partition coefficient (Wildman–Crippen LogP) is -1.65. The fourth-order valence-electron chi connectivity index (χ4n) is 4.31. The van der Waals surface area contributed by atoms with E-state index in [0.717, 1.165) is 0 Å². The Morgan fingerprint density at radius 3 is 2.75 bits per heavy atom. The first kappa shape index (κ1) is 15.2. The van der Waals surface area contributed by atoms with Crippen LogP contribution in [0.5, 0.6) is 0 Å². The Hall–Kier alpha value is -2.39. The Balaban J connectivity index is 1.85. The minimum Gasteiger partial charge on any atom is -0.449 e. The zero-order chi connectivity index (χ0) is 17.4. The van der Waals surface area contributed by atoms with Crippen LogP contribution in [0, 0.1) is 5.92 Å². The first-order chi connectivity index (χ1) is 11.3.